The average molecular weight is 320 g/mol. The molecule has 0 saturated heterocycles. The van der Waals surface area contributed by atoms with Crippen molar-refractivity contribution < 1.29 is 9.53 Å². The fraction of sp³-hybridized carbons (Fsp3) is 0.150. The number of carbonyl (C=O) groups excluding carboxylic acids is 1. The van der Waals surface area contributed by atoms with Crippen LogP contribution in [0.5, 0.6) is 0 Å². The maximum atomic E-state index is 11.9. The molecule has 0 atom stereocenters. The summed E-state index contributed by atoms with van der Waals surface area (Å²) in [7, 11) is 2.02. The van der Waals surface area contributed by atoms with E-state index in [1.54, 1.807) is 6.92 Å². The van der Waals surface area contributed by atoms with Crippen LogP contribution in [0.4, 0.5) is 5.69 Å². The van der Waals surface area contributed by atoms with Crippen LogP contribution in [0, 0.1) is 0 Å². The molecule has 0 aliphatic heterocycles. The Hall–Kier alpha value is -3.01. The highest BCUT2D eigenvalue weighted by molar-refractivity contribution is 5.95. The molecule has 2 aromatic carbocycles. The standard InChI is InChI=1S/C20H20N2O2/c1-3-24-20(23)14-18(15-7-5-4-6-8-15)21-17-9-10-19-16(13-17)11-12-22(19)2/h4-14,21H,3H2,1-2H3/b18-14+. The van der Waals surface area contributed by atoms with Crippen LogP contribution < -0.4 is 5.32 Å². The molecule has 0 aliphatic carbocycles. The smallest absolute Gasteiger partial charge is 0.332 e. The molecule has 0 aliphatic rings. The van der Waals surface area contributed by atoms with E-state index in [-0.39, 0.29) is 5.97 Å². The molecule has 3 rings (SSSR count). The lowest BCUT2D eigenvalue weighted by molar-refractivity contribution is -0.137. The zero-order chi connectivity index (χ0) is 16.9. The molecule has 122 valence electrons. The highest BCUT2D eigenvalue weighted by atomic mass is 16.5. The Morgan fingerprint density at radius 2 is 1.96 bits per heavy atom. The predicted molar refractivity (Wildman–Crippen MR) is 97.6 cm³/mol. The van der Waals surface area contributed by atoms with Crippen LogP contribution in [0.1, 0.15) is 12.5 Å². The lowest BCUT2D eigenvalue weighted by atomic mass is 10.1. The van der Waals surface area contributed by atoms with Gasteiger partial charge in [-0.15, -0.1) is 0 Å². The topological polar surface area (TPSA) is 43.3 Å². The third kappa shape index (κ3) is 3.49. The number of hydrogen-bond acceptors (Lipinski definition) is 3. The van der Waals surface area contributed by atoms with Gasteiger partial charge < -0.3 is 14.6 Å². The number of ether oxygens (including phenoxy) is 1. The first-order valence-corrected chi connectivity index (χ1v) is 7.93. The van der Waals surface area contributed by atoms with Crippen LogP contribution in [0.15, 0.2) is 66.9 Å². The van der Waals surface area contributed by atoms with E-state index < -0.39 is 0 Å². The van der Waals surface area contributed by atoms with Crippen LogP contribution in [0.2, 0.25) is 0 Å². The summed E-state index contributed by atoms with van der Waals surface area (Å²) >= 11 is 0. The number of hydrogen-bond donors (Lipinski definition) is 1. The summed E-state index contributed by atoms with van der Waals surface area (Å²) in [5.74, 6) is -0.357. The van der Waals surface area contributed by atoms with E-state index in [2.05, 4.69) is 28.1 Å². The minimum atomic E-state index is -0.357. The SMILES string of the molecule is CCOC(=O)/C=C(/Nc1ccc2c(ccn2C)c1)c1ccccc1. The van der Waals surface area contributed by atoms with Gasteiger partial charge in [-0.2, -0.15) is 0 Å². The van der Waals surface area contributed by atoms with Gasteiger partial charge in [-0.25, -0.2) is 4.79 Å². The first kappa shape index (κ1) is 15.9. The van der Waals surface area contributed by atoms with Crippen LogP contribution >= 0.6 is 0 Å². The Morgan fingerprint density at radius 1 is 1.17 bits per heavy atom. The van der Waals surface area contributed by atoms with Crippen molar-refractivity contribution in [1.29, 1.82) is 0 Å². The number of aromatic nitrogens is 1. The van der Waals surface area contributed by atoms with Gasteiger partial charge in [-0.05, 0) is 36.8 Å². The second-order valence-electron chi connectivity index (χ2n) is 5.50. The van der Waals surface area contributed by atoms with E-state index in [0.717, 1.165) is 22.2 Å². The monoisotopic (exact) mass is 320 g/mol. The van der Waals surface area contributed by atoms with E-state index in [9.17, 15) is 4.79 Å². The van der Waals surface area contributed by atoms with Gasteiger partial charge in [-0.3, -0.25) is 0 Å². The first-order valence-electron chi connectivity index (χ1n) is 7.93. The number of esters is 1. The molecule has 0 bridgehead atoms. The normalized spacial score (nSPS) is 11.5. The molecule has 4 heteroatoms. The minimum Gasteiger partial charge on any atom is -0.463 e. The predicted octanol–water partition coefficient (Wildman–Crippen LogP) is 4.19. The molecule has 0 radical (unpaired) electrons. The summed E-state index contributed by atoms with van der Waals surface area (Å²) in [5, 5.41) is 4.48. The van der Waals surface area contributed by atoms with Gasteiger partial charge >= 0.3 is 5.97 Å². The third-order valence-corrected chi connectivity index (χ3v) is 3.80. The lowest BCUT2D eigenvalue weighted by Crippen LogP contribution is -2.05. The van der Waals surface area contributed by atoms with Crippen molar-refractivity contribution in [3.05, 3.63) is 72.4 Å². The number of carbonyl (C=O) groups is 1. The Bertz CT molecular complexity index is 879. The fourth-order valence-electron chi connectivity index (χ4n) is 2.63. The minimum absolute atomic E-state index is 0.355. The fourth-order valence-corrected chi connectivity index (χ4v) is 2.63. The second-order valence-corrected chi connectivity index (χ2v) is 5.50. The molecular formula is C20H20N2O2. The van der Waals surface area contributed by atoms with E-state index in [4.69, 9.17) is 4.74 Å². The molecule has 1 aromatic heterocycles. The number of nitrogens with zero attached hydrogens (tertiary/aromatic N) is 1. The highest BCUT2D eigenvalue weighted by Gasteiger charge is 2.07. The Morgan fingerprint density at radius 3 is 2.71 bits per heavy atom. The number of benzene rings is 2. The molecular weight excluding hydrogens is 300 g/mol. The lowest BCUT2D eigenvalue weighted by Gasteiger charge is -2.12. The van der Waals surface area contributed by atoms with Crippen LogP contribution in [-0.4, -0.2) is 17.1 Å². The van der Waals surface area contributed by atoms with Gasteiger partial charge in [-0.1, -0.05) is 30.3 Å². The third-order valence-electron chi connectivity index (χ3n) is 3.80. The summed E-state index contributed by atoms with van der Waals surface area (Å²) in [5.41, 5.74) is 3.73. The van der Waals surface area contributed by atoms with Gasteiger partial charge in [0.05, 0.1) is 12.3 Å². The summed E-state index contributed by atoms with van der Waals surface area (Å²) in [6, 6.07) is 17.9. The molecule has 24 heavy (non-hydrogen) atoms. The largest absolute Gasteiger partial charge is 0.463 e. The molecule has 0 saturated carbocycles. The van der Waals surface area contributed by atoms with Crippen molar-refractivity contribution in [3.63, 3.8) is 0 Å². The molecule has 3 aromatic rings. The number of anilines is 1. The maximum Gasteiger partial charge on any atom is 0.332 e. The molecule has 0 fully saturated rings. The van der Waals surface area contributed by atoms with Crippen LogP contribution in [0.3, 0.4) is 0 Å². The van der Waals surface area contributed by atoms with Crippen molar-refractivity contribution in [2.75, 3.05) is 11.9 Å². The van der Waals surface area contributed by atoms with E-state index in [1.165, 1.54) is 6.08 Å². The average Bonchev–Trinajstić information content (AvgIpc) is 2.96. The van der Waals surface area contributed by atoms with Gasteiger partial charge in [0.2, 0.25) is 0 Å². The summed E-state index contributed by atoms with van der Waals surface area (Å²) in [6.45, 7) is 2.15. The van der Waals surface area contributed by atoms with Gasteiger partial charge in [0.15, 0.2) is 0 Å². The van der Waals surface area contributed by atoms with Crippen LogP contribution in [0.25, 0.3) is 16.6 Å². The van der Waals surface area contributed by atoms with Crippen molar-refractivity contribution in [1.82, 2.24) is 4.57 Å². The Balaban J connectivity index is 1.94. The van der Waals surface area contributed by atoms with E-state index in [1.807, 2.05) is 49.6 Å². The van der Waals surface area contributed by atoms with Gasteiger partial charge in [0.25, 0.3) is 0 Å². The molecule has 0 amide bonds. The highest BCUT2D eigenvalue weighted by Crippen LogP contribution is 2.23. The number of rotatable bonds is 5. The molecule has 0 unspecified atom stereocenters. The Labute approximate surface area is 141 Å². The zero-order valence-corrected chi connectivity index (χ0v) is 13.8. The van der Waals surface area contributed by atoms with Crippen LogP contribution in [-0.2, 0) is 16.6 Å². The zero-order valence-electron chi connectivity index (χ0n) is 13.8. The maximum absolute atomic E-state index is 11.9. The van der Waals surface area contributed by atoms with E-state index >= 15 is 0 Å². The number of nitrogens with one attached hydrogen (secondary N) is 1. The van der Waals surface area contributed by atoms with E-state index in [0.29, 0.717) is 12.3 Å². The number of fused-ring (bicyclic) bond motifs is 1. The summed E-state index contributed by atoms with van der Waals surface area (Å²) in [4.78, 5) is 11.9. The summed E-state index contributed by atoms with van der Waals surface area (Å²) < 4.78 is 7.12. The van der Waals surface area contributed by atoms with Crippen molar-refractivity contribution >= 4 is 28.3 Å². The molecule has 0 spiro atoms. The Kier molecular flexibility index (Phi) is 4.66. The van der Waals surface area contributed by atoms with Gasteiger partial charge in [0, 0.05) is 35.9 Å². The van der Waals surface area contributed by atoms with Crippen molar-refractivity contribution in [2.24, 2.45) is 7.05 Å². The quantitative estimate of drug-likeness (QED) is 0.566. The summed E-state index contributed by atoms with van der Waals surface area (Å²) in [6.07, 6.45) is 3.52. The van der Waals surface area contributed by atoms with Gasteiger partial charge in [0.1, 0.15) is 0 Å². The van der Waals surface area contributed by atoms with Crippen molar-refractivity contribution in [2.45, 2.75) is 6.92 Å². The molecule has 1 heterocycles. The molecule has 1 N–H and O–H groups in total. The number of aryl methyl sites for hydroxylation is 1. The van der Waals surface area contributed by atoms with Crippen molar-refractivity contribution in [3.8, 4) is 0 Å². The molecule has 4 nitrogen and oxygen atoms in total. The first-order chi connectivity index (χ1) is 11.7. The second kappa shape index (κ2) is 7.04.